The molecule has 0 saturated carbocycles. The molecule has 1 aromatic rings. The molecule has 5 heteroatoms. The number of hydrogen-bond acceptors (Lipinski definition) is 3. The number of aryl methyl sites for hydroxylation is 1. The van der Waals surface area contributed by atoms with Crippen molar-refractivity contribution in [3.63, 3.8) is 0 Å². The van der Waals surface area contributed by atoms with Gasteiger partial charge in [-0.15, -0.1) is 0 Å². The Bertz CT molecular complexity index is 471. The van der Waals surface area contributed by atoms with Crippen LogP contribution in [0, 0.1) is 6.92 Å². The molecular formula is C14H19NO4. The van der Waals surface area contributed by atoms with E-state index in [2.05, 4.69) is 5.32 Å². The van der Waals surface area contributed by atoms with Gasteiger partial charge in [-0.05, 0) is 37.5 Å². The number of carboxylic acid groups (broad SMARTS) is 1. The van der Waals surface area contributed by atoms with Gasteiger partial charge in [-0.2, -0.15) is 0 Å². The molecule has 0 aromatic heterocycles. The van der Waals surface area contributed by atoms with Gasteiger partial charge in [-0.3, -0.25) is 4.79 Å². The van der Waals surface area contributed by atoms with Crippen molar-refractivity contribution in [1.82, 2.24) is 5.32 Å². The number of carbonyl (C=O) groups excluding carboxylic acids is 1. The molecule has 0 aliphatic heterocycles. The topological polar surface area (TPSA) is 75.6 Å². The van der Waals surface area contributed by atoms with Crippen LogP contribution in [0.15, 0.2) is 18.2 Å². The number of nitrogens with one attached hydrogen (secondary N) is 1. The lowest BCUT2D eigenvalue weighted by atomic mass is 9.99. The highest BCUT2D eigenvalue weighted by atomic mass is 16.5. The minimum Gasteiger partial charge on any atom is -0.481 e. The molecule has 0 heterocycles. The smallest absolute Gasteiger partial charge is 0.407 e. The van der Waals surface area contributed by atoms with Crippen molar-refractivity contribution in [2.75, 3.05) is 6.61 Å². The Morgan fingerprint density at radius 1 is 1.42 bits per heavy atom. The molecule has 1 atom stereocenters. The predicted molar refractivity (Wildman–Crippen MR) is 71.1 cm³/mol. The van der Waals surface area contributed by atoms with Gasteiger partial charge < -0.3 is 15.2 Å². The second-order valence-corrected chi connectivity index (χ2v) is 4.34. The van der Waals surface area contributed by atoms with Gasteiger partial charge >= 0.3 is 12.1 Å². The number of hydrogen-bond donors (Lipinski definition) is 2. The minimum atomic E-state index is -0.853. The molecule has 104 valence electrons. The van der Waals surface area contributed by atoms with Crippen LogP contribution in [0.1, 0.15) is 36.6 Å². The van der Waals surface area contributed by atoms with E-state index in [1.54, 1.807) is 13.0 Å². The lowest BCUT2D eigenvalue weighted by molar-refractivity contribution is -0.136. The fourth-order valence-electron chi connectivity index (χ4n) is 1.78. The largest absolute Gasteiger partial charge is 0.481 e. The van der Waals surface area contributed by atoms with Gasteiger partial charge in [0.15, 0.2) is 0 Å². The van der Waals surface area contributed by atoms with E-state index in [9.17, 15) is 9.59 Å². The first-order valence-electron chi connectivity index (χ1n) is 6.18. The molecule has 2 N–H and O–H groups in total. The average molecular weight is 265 g/mol. The maximum Gasteiger partial charge on any atom is 0.407 e. The Labute approximate surface area is 112 Å². The average Bonchev–Trinajstić information content (AvgIpc) is 2.31. The maximum absolute atomic E-state index is 11.3. The summed E-state index contributed by atoms with van der Waals surface area (Å²) in [5.41, 5.74) is 2.59. The summed E-state index contributed by atoms with van der Waals surface area (Å²) in [7, 11) is 0. The summed E-state index contributed by atoms with van der Waals surface area (Å²) < 4.78 is 4.81. The summed E-state index contributed by atoms with van der Waals surface area (Å²) in [5, 5.41) is 11.5. The van der Waals surface area contributed by atoms with Gasteiger partial charge in [0.25, 0.3) is 0 Å². The van der Waals surface area contributed by atoms with E-state index in [0.717, 1.165) is 16.7 Å². The lowest BCUT2D eigenvalue weighted by Crippen LogP contribution is -2.27. The summed E-state index contributed by atoms with van der Waals surface area (Å²) in [6, 6.07) is 5.30. The summed E-state index contributed by atoms with van der Waals surface area (Å²) in [5.74, 6) is -0.853. The van der Waals surface area contributed by atoms with Crippen molar-refractivity contribution >= 4 is 12.1 Å². The standard InChI is InChI=1S/C14H19NO4/c1-4-19-14(18)15-10(3)12-6-5-11(8-13(16)17)9(2)7-12/h5-7,10H,4,8H2,1-3H3,(H,15,18)(H,16,17)/t10-/m1/s1. The van der Waals surface area contributed by atoms with E-state index < -0.39 is 12.1 Å². The second-order valence-electron chi connectivity index (χ2n) is 4.34. The third kappa shape index (κ3) is 4.62. The van der Waals surface area contributed by atoms with Gasteiger partial charge in [0.1, 0.15) is 0 Å². The van der Waals surface area contributed by atoms with Crippen molar-refractivity contribution in [1.29, 1.82) is 0 Å². The van der Waals surface area contributed by atoms with Crippen LogP contribution >= 0.6 is 0 Å². The number of aliphatic carboxylic acids is 1. The van der Waals surface area contributed by atoms with Crippen molar-refractivity contribution in [3.05, 3.63) is 34.9 Å². The summed E-state index contributed by atoms with van der Waals surface area (Å²) >= 11 is 0. The third-order valence-corrected chi connectivity index (χ3v) is 2.82. The Morgan fingerprint density at radius 2 is 2.11 bits per heavy atom. The zero-order chi connectivity index (χ0) is 14.4. The highest BCUT2D eigenvalue weighted by Crippen LogP contribution is 2.18. The highest BCUT2D eigenvalue weighted by Gasteiger charge is 2.12. The molecule has 0 saturated heterocycles. The van der Waals surface area contributed by atoms with E-state index in [-0.39, 0.29) is 12.5 Å². The predicted octanol–water partition coefficient (Wildman–Crippen LogP) is 2.43. The summed E-state index contributed by atoms with van der Waals surface area (Å²) in [6.07, 6.45) is -0.450. The number of benzene rings is 1. The quantitative estimate of drug-likeness (QED) is 0.857. The van der Waals surface area contributed by atoms with Crippen LogP contribution < -0.4 is 5.32 Å². The van der Waals surface area contributed by atoms with E-state index in [0.29, 0.717) is 6.61 Å². The van der Waals surface area contributed by atoms with Crippen LogP contribution in [0.2, 0.25) is 0 Å². The second kappa shape index (κ2) is 6.78. The van der Waals surface area contributed by atoms with Crippen molar-refractivity contribution in [2.24, 2.45) is 0 Å². The van der Waals surface area contributed by atoms with Crippen LogP contribution in [0.3, 0.4) is 0 Å². The SMILES string of the molecule is CCOC(=O)N[C@H](C)c1ccc(CC(=O)O)c(C)c1. The van der Waals surface area contributed by atoms with E-state index in [4.69, 9.17) is 9.84 Å². The molecule has 0 spiro atoms. The van der Waals surface area contributed by atoms with Crippen molar-refractivity contribution in [3.8, 4) is 0 Å². The molecule has 1 rings (SSSR count). The van der Waals surface area contributed by atoms with Gasteiger partial charge in [-0.25, -0.2) is 4.79 Å². The lowest BCUT2D eigenvalue weighted by Gasteiger charge is -2.15. The Hall–Kier alpha value is -2.04. The third-order valence-electron chi connectivity index (χ3n) is 2.82. The Kier molecular flexibility index (Phi) is 5.36. The Balaban J connectivity index is 2.76. The number of alkyl carbamates (subject to hydrolysis) is 1. The first-order chi connectivity index (χ1) is 8.93. The molecule has 1 amide bonds. The fraction of sp³-hybridized carbons (Fsp3) is 0.429. The number of amides is 1. The van der Waals surface area contributed by atoms with Crippen LogP contribution in [-0.4, -0.2) is 23.8 Å². The van der Waals surface area contributed by atoms with Crippen LogP contribution in [0.4, 0.5) is 4.79 Å². The fourth-order valence-corrected chi connectivity index (χ4v) is 1.78. The molecule has 5 nitrogen and oxygen atoms in total. The van der Waals surface area contributed by atoms with E-state index in [1.807, 2.05) is 26.0 Å². The van der Waals surface area contributed by atoms with E-state index in [1.165, 1.54) is 0 Å². The molecule has 19 heavy (non-hydrogen) atoms. The van der Waals surface area contributed by atoms with Crippen LogP contribution in [0.5, 0.6) is 0 Å². The normalized spacial score (nSPS) is 11.7. The van der Waals surface area contributed by atoms with Crippen molar-refractivity contribution < 1.29 is 19.4 Å². The molecule has 0 fully saturated rings. The zero-order valence-electron chi connectivity index (χ0n) is 11.4. The molecule has 1 aromatic carbocycles. The summed E-state index contributed by atoms with van der Waals surface area (Å²) in [4.78, 5) is 22.0. The first-order valence-corrected chi connectivity index (χ1v) is 6.18. The van der Waals surface area contributed by atoms with Gasteiger partial charge in [-0.1, -0.05) is 18.2 Å². The molecule has 0 unspecified atom stereocenters. The van der Waals surface area contributed by atoms with Crippen LogP contribution in [-0.2, 0) is 16.0 Å². The zero-order valence-corrected chi connectivity index (χ0v) is 11.4. The Morgan fingerprint density at radius 3 is 2.63 bits per heavy atom. The summed E-state index contributed by atoms with van der Waals surface area (Å²) in [6.45, 7) is 5.78. The van der Waals surface area contributed by atoms with Gasteiger partial charge in [0.2, 0.25) is 0 Å². The maximum atomic E-state index is 11.3. The number of carboxylic acids is 1. The highest BCUT2D eigenvalue weighted by molar-refractivity contribution is 5.71. The molecule has 0 bridgehead atoms. The van der Waals surface area contributed by atoms with E-state index >= 15 is 0 Å². The number of rotatable bonds is 5. The monoisotopic (exact) mass is 265 g/mol. The molecular weight excluding hydrogens is 246 g/mol. The minimum absolute atomic E-state index is 0.00575. The number of ether oxygens (including phenoxy) is 1. The first kappa shape index (κ1) is 15.0. The van der Waals surface area contributed by atoms with Crippen molar-refractivity contribution in [2.45, 2.75) is 33.2 Å². The van der Waals surface area contributed by atoms with Gasteiger partial charge in [0, 0.05) is 0 Å². The van der Waals surface area contributed by atoms with Gasteiger partial charge in [0.05, 0.1) is 19.1 Å². The molecule has 0 aliphatic rings. The molecule has 0 radical (unpaired) electrons. The van der Waals surface area contributed by atoms with Crippen LogP contribution in [0.25, 0.3) is 0 Å². The number of carbonyl (C=O) groups is 2. The molecule has 0 aliphatic carbocycles.